The summed E-state index contributed by atoms with van der Waals surface area (Å²) in [7, 11) is 0. The van der Waals surface area contributed by atoms with Crippen molar-refractivity contribution in [1.29, 1.82) is 0 Å². The summed E-state index contributed by atoms with van der Waals surface area (Å²) in [4.78, 5) is 29.5. The molecule has 1 aromatic rings. The molecular weight excluding hydrogens is 324 g/mol. The van der Waals surface area contributed by atoms with Gasteiger partial charge in [0.2, 0.25) is 5.91 Å². The van der Waals surface area contributed by atoms with Crippen LogP contribution >= 0.6 is 0 Å². The predicted molar refractivity (Wildman–Crippen MR) is 102 cm³/mol. The summed E-state index contributed by atoms with van der Waals surface area (Å²) in [6, 6.07) is 6.28. The number of carbonyl (C=O) groups is 2. The molecule has 4 rings (SSSR count). The topological polar surface area (TPSA) is 40.6 Å². The van der Waals surface area contributed by atoms with Crippen LogP contribution in [0.2, 0.25) is 0 Å². The molecule has 1 heterocycles. The van der Waals surface area contributed by atoms with Gasteiger partial charge in [0.25, 0.3) is 0 Å². The first-order valence-corrected chi connectivity index (χ1v) is 10.4. The van der Waals surface area contributed by atoms with Crippen molar-refractivity contribution in [3.8, 4) is 0 Å². The van der Waals surface area contributed by atoms with Crippen LogP contribution < -0.4 is 0 Å². The molecule has 26 heavy (non-hydrogen) atoms. The Morgan fingerprint density at radius 3 is 2.31 bits per heavy atom. The third kappa shape index (κ3) is 3.85. The molecule has 1 saturated carbocycles. The van der Waals surface area contributed by atoms with Gasteiger partial charge in [-0.2, -0.15) is 0 Å². The number of piperazine rings is 1. The van der Waals surface area contributed by atoms with Gasteiger partial charge in [0.05, 0.1) is 6.54 Å². The van der Waals surface area contributed by atoms with Crippen LogP contribution in [0.4, 0.5) is 0 Å². The fraction of sp³-hybridized carbons (Fsp3) is 0.636. The Hall–Kier alpha value is -1.68. The maximum Gasteiger partial charge on any atom is 0.225 e. The van der Waals surface area contributed by atoms with Crippen LogP contribution in [0, 0.1) is 5.92 Å². The van der Waals surface area contributed by atoms with Crippen LogP contribution in [0.3, 0.4) is 0 Å². The average molecular weight is 354 g/mol. The van der Waals surface area contributed by atoms with Crippen molar-refractivity contribution in [1.82, 2.24) is 9.80 Å². The molecule has 3 aliphatic rings. The summed E-state index contributed by atoms with van der Waals surface area (Å²) in [6.45, 7) is 3.65. The van der Waals surface area contributed by atoms with E-state index in [1.54, 1.807) is 0 Å². The summed E-state index contributed by atoms with van der Waals surface area (Å²) in [6.07, 6.45) is 9.30. The molecule has 0 atom stereocenters. The third-order valence-corrected chi connectivity index (χ3v) is 6.43. The minimum atomic E-state index is 0.217. The molecule has 0 N–H and O–H groups in total. The van der Waals surface area contributed by atoms with E-state index in [0.29, 0.717) is 12.5 Å². The predicted octanol–water partition coefficient (Wildman–Crippen LogP) is 3.08. The Morgan fingerprint density at radius 2 is 1.58 bits per heavy atom. The Bertz CT molecular complexity index is 671. The number of rotatable bonds is 4. The number of nitrogens with zero attached hydrogens (tertiary/aromatic N) is 2. The zero-order chi connectivity index (χ0) is 17.9. The monoisotopic (exact) mass is 354 g/mol. The van der Waals surface area contributed by atoms with E-state index in [4.69, 9.17) is 0 Å². The van der Waals surface area contributed by atoms with Crippen molar-refractivity contribution >= 4 is 11.7 Å². The number of ketones is 1. The van der Waals surface area contributed by atoms with Gasteiger partial charge in [0.1, 0.15) is 0 Å². The number of Topliss-reactive ketones (excluding diaryl/α,β-unsaturated/α-hetero) is 1. The number of carbonyl (C=O) groups excluding carboxylic acids is 2. The molecule has 4 heteroatoms. The van der Waals surface area contributed by atoms with E-state index in [0.717, 1.165) is 57.4 Å². The summed E-state index contributed by atoms with van der Waals surface area (Å²) in [5.41, 5.74) is 3.65. The van der Waals surface area contributed by atoms with E-state index in [1.165, 1.54) is 36.8 Å². The van der Waals surface area contributed by atoms with Gasteiger partial charge in [0, 0.05) is 37.7 Å². The molecule has 1 aliphatic heterocycles. The Morgan fingerprint density at radius 1 is 0.885 bits per heavy atom. The standard InChI is InChI=1S/C22H30N2O2/c25-21(20-10-9-17-5-1-4-8-19(17)15-20)16-23-11-13-24(14-12-23)22(26)18-6-2-3-7-18/h9-10,15,18H,1-8,11-14,16H2. The van der Waals surface area contributed by atoms with Crippen LogP contribution in [0.1, 0.15) is 60.0 Å². The molecular formula is C22H30N2O2. The number of fused-ring (bicyclic) bond motifs is 1. The average Bonchev–Trinajstić information content (AvgIpc) is 3.22. The van der Waals surface area contributed by atoms with Crippen LogP contribution in [0.15, 0.2) is 18.2 Å². The quantitative estimate of drug-likeness (QED) is 0.780. The largest absolute Gasteiger partial charge is 0.340 e. The highest BCUT2D eigenvalue weighted by atomic mass is 16.2. The minimum absolute atomic E-state index is 0.217. The third-order valence-electron chi connectivity index (χ3n) is 6.43. The summed E-state index contributed by atoms with van der Waals surface area (Å²) in [5.74, 6) is 0.829. The number of hydrogen-bond acceptors (Lipinski definition) is 3. The molecule has 0 aromatic heterocycles. The second-order valence-electron chi connectivity index (χ2n) is 8.20. The fourth-order valence-electron chi connectivity index (χ4n) is 4.76. The highest BCUT2D eigenvalue weighted by Crippen LogP contribution is 2.27. The smallest absolute Gasteiger partial charge is 0.225 e. The molecule has 0 bridgehead atoms. The zero-order valence-corrected chi connectivity index (χ0v) is 15.7. The van der Waals surface area contributed by atoms with Crippen LogP contribution in [0.5, 0.6) is 0 Å². The lowest BCUT2D eigenvalue weighted by Crippen LogP contribution is -2.51. The molecule has 0 radical (unpaired) electrons. The number of aryl methyl sites for hydroxylation is 2. The molecule has 0 unspecified atom stereocenters. The number of benzene rings is 1. The maximum atomic E-state index is 12.7. The van der Waals surface area contributed by atoms with Crippen molar-refractivity contribution < 1.29 is 9.59 Å². The zero-order valence-electron chi connectivity index (χ0n) is 15.7. The van der Waals surface area contributed by atoms with Gasteiger partial charge >= 0.3 is 0 Å². The van der Waals surface area contributed by atoms with E-state index in [9.17, 15) is 9.59 Å². The Balaban J connectivity index is 1.30. The minimum Gasteiger partial charge on any atom is -0.340 e. The molecule has 1 saturated heterocycles. The first kappa shape index (κ1) is 17.7. The van der Waals surface area contributed by atoms with Crippen molar-refractivity contribution in [3.05, 3.63) is 34.9 Å². The van der Waals surface area contributed by atoms with Gasteiger partial charge in [-0.15, -0.1) is 0 Å². The molecule has 4 nitrogen and oxygen atoms in total. The summed E-state index contributed by atoms with van der Waals surface area (Å²) in [5, 5.41) is 0. The highest BCUT2D eigenvalue weighted by Gasteiger charge is 2.29. The highest BCUT2D eigenvalue weighted by molar-refractivity contribution is 5.97. The Kier molecular flexibility index (Phi) is 5.39. The van der Waals surface area contributed by atoms with Gasteiger partial charge in [-0.3, -0.25) is 14.5 Å². The van der Waals surface area contributed by atoms with Crippen LogP contribution in [-0.2, 0) is 17.6 Å². The van der Waals surface area contributed by atoms with Gasteiger partial charge in [-0.25, -0.2) is 0 Å². The lowest BCUT2D eigenvalue weighted by atomic mass is 9.90. The van der Waals surface area contributed by atoms with Crippen molar-refractivity contribution in [2.75, 3.05) is 32.7 Å². The van der Waals surface area contributed by atoms with Crippen LogP contribution in [0.25, 0.3) is 0 Å². The molecule has 140 valence electrons. The second-order valence-corrected chi connectivity index (χ2v) is 8.20. The second kappa shape index (κ2) is 7.91. The van der Waals surface area contributed by atoms with E-state index in [-0.39, 0.29) is 11.7 Å². The number of amides is 1. The lowest BCUT2D eigenvalue weighted by Gasteiger charge is -2.35. The molecule has 1 aromatic carbocycles. The lowest BCUT2D eigenvalue weighted by molar-refractivity contribution is -0.137. The fourth-order valence-corrected chi connectivity index (χ4v) is 4.76. The van der Waals surface area contributed by atoms with E-state index in [1.807, 2.05) is 11.0 Å². The molecule has 1 amide bonds. The van der Waals surface area contributed by atoms with Gasteiger partial charge in [-0.1, -0.05) is 25.0 Å². The molecule has 0 spiro atoms. The van der Waals surface area contributed by atoms with Crippen molar-refractivity contribution in [3.63, 3.8) is 0 Å². The summed E-state index contributed by atoms with van der Waals surface area (Å²) < 4.78 is 0. The van der Waals surface area contributed by atoms with Crippen molar-refractivity contribution in [2.45, 2.75) is 51.4 Å². The maximum absolute atomic E-state index is 12.7. The molecule has 2 aliphatic carbocycles. The van der Waals surface area contributed by atoms with Gasteiger partial charge in [0.15, 0.2) is 5.78 Å². The van der Waals surface area contributed by atoms with E-state index >= 15 is 0 Å². The normalized spacial score (nSPS) is 21.6. The first-order chi connectivity index (χ1) is 12.7. The Labute approximate surface area is 156 Å². The van der Waals surface area contributed by atoms with E-state index < -0.39 is 0 Å². The SMILES string of the molecule is O=C(CN1CCN(C(=O)C2CCCC2)CC1)c1ccc2c(c1)CCCC2. The van der Waals surface area contributed by atoms with Crippen molar-refractivity contribution in [2.24, 2.45) is 5.92 Å². The van der Waals surface area contributed by atoms with Gasteiger partial charge < -0.3 is 4.90 Å². The van der Waals surface area contributed by atoms with E-state index in [2.05, 4.69) is 17.0 Å². The summed E-state index contributed by atoms with van der Waals surface area (Å²) >= 11 is 0. The molecule has 2 fully saturated rings. The first-order valence-electron chi connectivity index (χ1n) is 10.4. The van der Waals surface area contributed by atoms with Crippen LogP contribution in [-0.4, -0.2) is 54.2 Å². The number of hydrogen-bond donors (Lipinski definition) is 0. The van der Waals surface area contributed by atoms with Gasteiger partial charge in [-0.05, 0) is 55.7 Å².